The number of methoxy groups -OCH3 is 1. The molecule has 0 unspecified atom stereocenters. The van der Waals surface area contributed by atoms with Crippen LogP contribution in [0.2, 0.25) is 4.34 Å². The van der Waals surface area contributed by atoms with Crippen molar-refractivity contribution < 1.29 is 19.1 Å². The summed E-state index contributed by atoms with van der Waals surface area (Å²) in [5.41, 5.74) is 0.441. The highest BCUT2D eigenvalue weighted by molar-refractivity contribution is 7.16. The van der Waals surface area contributed by atoms with Crippen LogP contribution in [0.5, 0.6) is 5.75 Å². The smallest absolute Gasteiger partial charge is 0.417 e. The first kappa shape index (κ1) is 15.3. The number of esters is 1. The third kappa shape index (κ3) is 4.47. The first-order chi connectivity index (χ1) is 10.1. The van der Waals surface area contributed by atoms with Crippen molar-refractivity contribution in [3.05, 3.63) is 45.6 Å². The molecule has 1 aromatic carbocycles. The van der Waals surface area contributed by atoms with Crippen LogP contribution < -0.4 is 10.1 Å². The van der Waals surface area contributed by atoms with E-state index in [1.165, 1.54) is 18.4 Å². The molecule has 5 nitrogen and oxygen atoms in total. The Kier molecular flexibility index (Phi) is 5.19. The Morgan fingerprint density at radius 2 is 2.00 bits per heavy atom. The molecule has 0 saturated carbocycles. The molecule has 0 aliphatic rings. The van der Waals surface area contributed by atoms with Gasteiger partial charge in [0.05, 0.1) is 23.6 Å². The van der Waals surface area contributed by atoms with Crippen LogP contribution in [-0.4, -0.2) is 19.2 Å². The summed E-state index contributed by atoms with van der Waals surface area (Å²) in [6, 6.07) is 10.2. The number of nitrogens with one attached hydrogen (secondary N) is 1. The van der Waals surface area contributed by atoms with Crippen LogP contribution in [-0.2, 0) is 16.0 Å². The van der Waals surface area contributed by atoms with Crippen molar-refractivity contribution in [2.75, 3.05) is 12.4 Å². The molecule has 1 heterocycles. The molecule has 2 aromatic rings. The molecular weight excluding hydrogens is 314 g/mol. The van der Waals surface area contributed by atoms with E-state index in [1.807, 2.05) is 6.07 Å². The third-order valence-electron chi connectivity index (χ3n) is 2.50. The molecule has 7 heteroatoms. The highest BCUT2D eigenvalue weighted by Gasteiger charge is 2.15. The number of carbonyl (C=O) groups is 2. The van der Waals surface area contributed by atoms with E-state index >= 15 is 0 Å². The van der Waals surface area contributed by atoms with E-state index in [1.54, 1.807) is 30.3 Å². The number of hydrogen-bond acceptors (Lipinski definition) is 5. The molecule has 0 aliphatic carbocycles. The fraction of sp³-hybridized carbons (Fsp3) is 0.143. The lowest BCUT2D eigenvalue weighted by atomic mass is 10.3. The van der Waals surface area contributed by atoms with Gasteiger partial charge in [0.15, 0.2) is 0 Å². The summed E-state index contributed by atoms with van der Waals surface area (Å²) < 4.78 is 10.2. The summed E-state index contributed by atoms with van der Waals surface area (Å²) in [7, 11) is 1.30. The number of thiophene rings is 1. The molecule has 0 atom stereocenters. The van der Waals surface area contributed by atoms with Gasteiger partial charge in [0.1, 0.15) is 5.75 Å². The zero-order valence-corrected chi connectivity index (χ0v) is 12.7. The van der Waals surface area contributed by atoms with Crippen LogP contribution in [0.25, 0.3) is 0 Å². The minimum Gasteiger partial charge on any atom is -0.469 e. The number of benzene rings is 1. The molecule has 1 N–H and O–H groups in total. The number of rotatable bonds is 4. The Morgan fingerprint density at radius 1 is 1.29 bits per heavy atom. The number of carbonyl (C=O) groups excluding carboxylic acids is 2. The van der Waals surface area contributed by atoms with Crippen molar-refractivity contribution in [2.24, 2.45) is 0 Å². The Balaban J connectivity index is 2.05. The van der Waals surface area contributed by atoms with Gasteiger partial charge in [-0.25, -0.2) is 4.79 Å². The Morgan fingerprint density at radius 3 is 2.67 bits per heavy atom. The lowest BCUT2D eigenvalue weighted by Crippen LogP contribution is -2.17. The van der Waals surface area contributed by atoms with Gasteiger partial charge in [0.25, 0.3) is 0 Å². The highest BCUT2D eigenvalue weighted by atomic mass is 35.5. The second-order valence-electron chi connectivity index (χ2n) is 3.97. The average molecular weight is 326 g/mol. The van der Waals surface area contributed by atoms with Gasteiger partial charge in [-0.1, -0.05) is 29.8 Å². The summed E-state index contributed by atoms with van der Waals surface area (Å²) in [6.45, 7) is 0. The number of halogens is 1. The number of hydrogen-bond donors (Lipinski definition) is 1. The van der Waals surface area contributed by atoms with Crippen LogP contribution in [0.3, 0.4) is 0 Å². The van der Waals surface area contributed by atoms with E-state index in [4.69, 9.17) is 16.3 Å². The van der Waals surface area contributed by atoms with Gasteiger partial charge in [-0.2, -0.15) is 0 Å². The number of anilines is 1. The normalized spacial score (nSPS) is 10.0. The van der Waals surface area contributed by atoms with Gasteiger partial charge in [-0.15, -0.1) is 11.3 Å². The molecule has 1 amide bonds. The van der Waals surface area contributed by atoms with Crippen LogP contribution in [0.4, 0.5) is 10.5 Å². The molecule has 0 saturated heterocycles. The largest absolute Gasteiger partial charge is 0.469 e. The predicted octanol–water partition coefficient (Wildman–Crippen LogP) is 3.73. The van der Waals surface area contributed by atoms with Crippen LogP contribution in [0, 0.1) is 0 Å². The first-order valence-electron chi connectivity index (χ1n) is 5.97. The number of para-hydroxylation sites is 1. The van der Waals surface area contributed by atoms with E-state index in [9.17, 15) is 9.59 Å². The fourth-order valence-corrected chi connectivity index (χ4v) is 2.78. The summed E-state index contributed by atoms with van der Waals surface area (Å²) in [4.78, 5) is 23.7. The molecule has 0 radical (unpaired) electrons. The van der Waals surface area contributed by atoms with E-state index < -0.39 is 12.1 Å². The average Bonchev–Trinajstić information content (AvgIpc) is 2.79. The summed E-state index contributed by atoms with van der Waals surface area (Å²) >= 11 is 7.11. The first-order valence-corrected chi connectivity index (χ1v) is 7.17. The molecule has 0 bridgehead atoms. The number of amides is 1. The molecule has 0 aliphatic heterocycles. The fourth-order valence-electron chi connectivity index (χ4n) is 1.57. The number of ether oxygens (including phenoxy) is 2. The van der Waals surface area contributed by atoms with Gasteiger partial charge in [-0.3, -0.25) is 10.1 Å². The third-order valence-corrected chi connectivity index (χ3v) is 3.77. The van der Waals surface area contributed by atoms with E-state index in [2.05, 4.69) is 10.1 Å². The van der Waals surface area contributed by atoms with Crippen LogP contribution in [0.15, 0.2) is 36.4 Å². The van der Waals surface area contributed by atoms with E-state index in [-0.39, 0.29) is 6.42 Å². The SMILES string of the molecule is COC(=O)Cc1sc(Cl)cc1NC(=O)Oc1ccccc1. The van der Waals surface area contributed by atoms with Gasteiger partial charge in [0.2, 0.25) is 0 Å². The lowest BCUT2D eigenvalue weighted by Gasteiger charge is -2.07. The molecule has 2 rings (SSSR count). The van der Waals surface area contributed by atoms with Crippen molar-refractivity contribution in [3.63, 3.8) is 0 Å². The standard InChI is InChI=1S/C14H12ClNO4S/c1-19-13(17)8-11-10(7-12(15)21-11)16-14(18)20-9-5-3-2-4-6-9/h2-7H,8H2,1H3,(H,16,18). The maximum atomic E-state index is 11.8. The van der Waals surface area contributed by atoms with Gasteiger partial charge in [0, 0.05) is 4.88 Å². The topological polar surface area (TPSA) is 64.6 Å². The van der Waals surface area contributed by atoms with Gasteiger partial charge < -0.3 is 9.47 Å². The molecular formula is C14H12ClNO4S. The van der Waals surface area contributed by atoms with Crippen molar-refractivity contribution in [2.45, 2.75) is 6.42 Å². The molecule has 0 spiro atoms. The van der Waals surface area contributed by atoms with Crippen molar-refractivity contribution >= 4 is 40.7 Å². The maximum absolute atomic E-state index is 11.8. The van der Waals surface area contributed by atoms with Crippen molar-refractivity contribution in [1.82, 2.24) is 0 Å². The molecule has 21 heavy (non-hydrogen) atoms. The predicted molar refractivity (Wildman–Crippen MR) is 81.1 cm³/mol. The molecule has 1 aromatic heterocycles. The lowest BCUT2D eigenvalue weighted by molar-refractivity contribution is -0.139. The monoisotopic (exact) mass is 325 g/mol. The Labute approximate surface area is 130 Å². The quantitative estimate of drug-likeness (QED) is 0.870. The van der Waals surface area contributed by atoms with E-state index in [0.717, 1.165) is 0 Å². The minimum absolute atomic E-state index is 0.0365. The van der Waals surface area contributed by atoms with Gasteiger partial charge in [-0.05, 0) is 18.2 Å². The second-order valence-corrected chi connectivity index (χ2v) is 5.74. The second kappa shape index (κ2) is 7.10. The van der Waals surface area contributed by atoms with Crippen LogP contribution in [0.1, 0.15) is 4.88 Å². The van der Waals surface area contributed by atoms with Crippen molar-refractivity contribution in [3.8, 4) is 5.75 Å². The van der Waals surface area contributed by atoms with E-state index in [0.29, 0.717) is 20.7 Å². The Bertz CT molecular complexity index is 642. The minimum atomic E-state index is -0.651. The molecule has 110 valence electrons. The zero-order valence-electron chi connectivity index (χ0n) is 11.1. The summed E-state index contributed by atoms with van der Waals surface area (Å²) in [6.07, 6.45) is -0.615. The summed E-state index contributed by atoms with van der Waals surface area (Å²) in [5.74, 6) is 0.0128. The van der Waals surface area contributed by atoms with Crippen molar-refractivity contribution in [1.29, 1.82) is 0 Å². The Hall–Kier alpha value is -2.05. The van der Waals surface area contributed by atoms with Gasteiger partial charge >= 0.3 is 12.1 Å². The molecule has 0 fully saturated rings. The highest BCUT2D eigenvalue weighted by Crippen LogP contribution is 2.31. The summed E-state index contributed by atoms with van der Waals surface area (Å²) in [5, 5.41) is 2.57. The zero-order chi connectivity index (χ0) is 15.2. The maximum Gasteiger partial charge on any atom is 0.417 e. The van der Waals surface area contributed by atoms with Crippen LogP contribution >= 0.6 is 22.9 Å².